The number of carbonyl (C=O) groups is 1. The summed E-state index contributed by atoms with van der Waals surface area (Å²) in [5.74, 6) is 1.74. The predicted molar refractivity (Wildman–Crippen MR) is 124 cm³/mol. The zero-order valence-corrected chi connectivity index (χ0v) is 20.2. The number of hydrogen-bond donors (Lipinski definition) is 0. The summed E-state index contributed by atoms with van der Waals surface area (Å²) in [5.41, 5.74) is 2.36. The molecule has 0 spiro atoms. The van der Waals surface area contributed by atoms with Crippen molar-refractivity contribution in [3.8, 4) is 23.0 Å². The van der Waals surface area contributed by atoms with Crippen molar-refractivity contribution in [1.82, 2.24) is 0 Å². The smallest absolute Gasteiger partial charge is 0.343 e. The summed E-state index contributed by atoms with van der Waals surface area (Å²) in [6.45, 7) is 17.7. The van der Waals surface area contributed by atoms with E-state index in [0.29, 0.717) is 28.6 Å². The molecule has 31 heavy (non-hydrogen) atoms. The van der Waals surface area contributed by atoms with Gasteiger partial charge in [0.1, 0.15) is 5.75 Å². The quantitative estimate of drug-likeness (QED) is 0.329. The Labute approximate surface area is 186 Å². The van der Waals surface area contributed by atoms with Gasteiger partial charge in [0.2, 0.25) is 5.75 Å². The fraction of sp³-hybridized carbons (Fsp3) is 0.500. The first-order valence-corrected chi connectivity index (χ1v) is 11.0. The van der Waals surface area contributed by atoms with Crippen molar-refractivity contribution >= 4 is 5.97 Å². The monoisotopic (exact) mass is 428 g/mol. The fourth-order valence-electron chi connectivity index (χ4n) is 3.10. The maximum atomic E-state index is 13.1. The molecule has 0 saturated heterocycles. The van der Waals surface area contributed by atoms with Gasteiger partial charge < -0.3 is 18.9 Å². The lowest BCUT2D eigenvalue weighted by atomic mass is 10.0. The summed E-state index contributed by atoms with van der Waals surface area (Å²) in [4.78, 5) is 13.1. The molecule has 0 atom stereocenters. The van der Waals surface area contributed by atoms with Crippen LogP contribution >= 0.6 is 0 Å². The SMILES string of the molecule is Cc1ccc(C(C)C)c(OC(=O)c2cc(OC(C)C)c(OC(C)C)c(OC(C)C)c2)c1. The van der Waals surface area contributed by atoms with Crippen LogP contribution in [0.15, 0.2) is 30.3 Å². The lowest BCUT2D eigenvalue weighted by molar-refractivity contribution is 0.0730. The Bertz CT molecular complexity index is 866. The van der Waals surface area contributed by atoms with Crippen LogP contribution in [0.5, 0.6) is 23.0 Å². The van der Waals surface area contributed by atoms with Crippen molar-refractivity contribution in [2.75, 3.05) is 0 Å². The fourth-order valence-corrected chi connectivity index (χ4v) is 3.10. The molecule has 5 heteroatoms. The highest BCUT2D eigenvalue weighted by atomic mass is 16.6. The van der Waals surface area contributed by atoms with Crippen LogP contribution in [0.3, 0.4) is 0 Å². The highest BCUT2D eigenvalue weighted by molar-refractivity contribution is 5.93. The summed E-state index contributed by atoms with van der Waals surface area (Å²) in [7, 11) is 0. The van der Waals surface area contributed by atoms with Crippen LogP contribution in [0.25, 0.3) is 0 Å². The van der Waals surface area contributed by atoms with E-state index >= 15 is 0 Å². The molecule has 0 amide bonds. The zero-order valence-electron chi connectivity index (χ0n) is 20.2. The van der Waals surface area contributed by atoms with Gasteiger partial charge in [-0.3, -0.25) is 0 Å². The van der Waals surface area contributed by atoms with E-state index in [0.717, 1.165) is 11.1 Å². The van der Waals surface area contributed by atoms with E-state index in [2.05, 4.69) is 13.8 Å². The Morgan fingerprint density at radius 2 is 1.23 bits per heavy atom. The molecule has 0 unspecified atom stereocenters. The molecule has 0 radical (unpaired) electrons. The molecule has 0 saturated carbocycles. The van der Waals surface area contributed by atoms with Crippen LogP contribution in [0, 0.1) is 6.92 Å². The number of benzene rings is 2. The molecule has 5 nitrogen and oxygen atoms in total. The minimum absolute atomic E-state index is 0.0808. The number of hydrogen-bond acceptors (Lipinski definition) is 5. The van der Waals surface area contributed by atoms with Crippen molar-refractivity contribution in [1.29, 1.82) is 0 Å². The molecule has 0 aromatic heterocycles. The van der Waals surface area contributed by atoms with Crippen LogP contribution in [-0.4, -0.2) is 24.3 Å². The molecule has 2 rings (SSSR count). The Kier molecular flexibility index (Phi) is 8.37. The molecule has 170 valence electrons. The minimum Gasteiger partial charge on any atom is -0.487 e. The summed E-state index contributed by atoms with van der Waals surface area (Å²) in [6, 6.07) is 9.24. The van der Waals surface area contributed by atoms with Gasteiger partial charge in [-0.1, -0.05) is 26.0 Å². The van der Waals surface area contributed by atoms with E-state index in [1.54, 1.807) is 12.1 Å². The van der Waals surface area contributed by atoms with Crippen molar-refractivity contribution < 1.29 is 23.7 Å². The van der Waals surface area contributed by atoms with Crippen LogP contribution < -0.4 is 18.9 Å². The van der Waals surface area contributed by atoms with Gasteiger partial charge in [0.25, 0.3) is 0 Å². The minimum atomic E-state index is -0.467. The third kappa shape index (κ3) is 6.91. The van der Waals surface area contributed by atoms with Gasteiger partial charge in [0, 0.05) is 0 Å². The van der Waals surface area contributed by atoms with Gasteiger partial charge in [0.05, 0.1) is 23.9 Å². The average molecular weight is 429 g/mol. The van der Waals surface area contributed by atoms with E-state index in [4.69, 9.17) is 18.9 Å². The molecule has 0 N–H and O–H groups in total. The number of ether oxygens (including phenoxy) is 4. The third-order valence-corrected chi connectivity index (χ3v) is 4.33. The van der Waals surface area contributed by atoms with Crippen molar-refractivity contribution in [3.05, 3.63) is 47.0 Å². The number of carbonyl (C=O) groups excluding carboxylic acids is 1. The third-order valence-electron chi connectivity index (χ3n) is 4.33. The molecule has 0 aliphatic carbocycles. The Morgan fingerprint density at radius 3 is 1.68 bits per heavy atom. The normalized spacial score (nSPS) is 11.4. The molecule has 0 aliphatic rings. The van der Waals surface area contributed by atoms with Crippen molar-refractivity contribution in [3.63, 3.8) is 0 Å². The first kappa shape index (κ1) is 24.6. The van der Waals surface area contributed by atoms with E-state index in [9.17, 15) is 4.79 Å². The van der Waals surface area contributed by atoms with Crippen LogP contribution in [0.1, 0.15) is 82.8 Å². The van der Waals surface area contributed by atoms with Gasteiger partial charge in [-0.25, -0.2) is 4.79 Å². The molecular weight excluding hydrogens is 392 g/mol. The maximum absolute atomic E-state index is 13.1. The summed E-state index contributed by atoms with van der Waals surface area (Å²) < 4.78 is 23.8. The van der Waals surface area contributed by atoms with E-state index in [1.165, 1.54) is 0 Å². The number of aryl methyl sites for hydroxylation is 1. The number of esters is 1. The Morgan fingerprint density at radius 1 is 0.710 bits per heavy atom. The van der Waals surface area contributed by atoms with Gasteiger partial charge in [-0.05, 0) is 83.7 Å². The number of rotatable bonds is 9. The van der Waals surface area contributed by atoms with Crippen LogP contribution in [0.2, 0.25) is 0 Å². The Balaban J connectivity index is 2.52. The summed E-state index contributed by atoms with van der Waals surface area (Å²) in [5, 5.41) is 0. The second-order valence-electron chi connectivity index (χ2n) is 8.89. The molecule has 0 bridgehead atoms. The molecule has 2 aromatic carbocycles. The first-order valence-electron chi connectivity index (χ1n) is 11.0. The van der Waals surface area contributed by atoms with E-state index in [1.807, 2.05) is 66.7 Å². The lowest BCUT2D eigenvalue weighted by Gasteiger charge is -2.22. The van der Waals surface area contributed by atoms with Crippen molar-refractivity contribution in [2.45, 2.75) is 86.5 Å². The van der Waals surface area contributed by atoms with Crippen LogP contribution in [0.4, 0.5) is 0 Å². The highest BCUT2D eigenvalue weighted by Gasteiger charge is 2.23. The van der Waals surface area contributed by atoms with Gasteiger partial charge in [0.15, 0.2) is 11.5 Å². The predicted octanol–water partition coefficient (Wildman–Crippen LogP) is 6.70. The topological polar surface area (TPSA) is 54.0 Å². The second-order valence-corrected chi connectivity index (χ2v) is 8.89. The maximum Gasteiger partial charge on any atom is 0.343 e. The lowest BCUT2D eigenvalue weighted by Crippen LogP contribution is -2.16. The Hall–Kier alpha value is -2.69. The summed E-state index contributed by atoms with van der Waals surface area (Å²) in [6.07, 6.45) is -0.281. The molecular formula is C26H36O5. The van der Waals surface area contributed by atoms with E-state index < -0.39 is 5.97 Å². The first-order chi connectivity index (χ1) is 14.5. The van der Waals surface area contributed by atoms with Crippen LogP contribution in [-0.2, 0) is 0 Å². The average Bonchev–Trinajstić information content (AvgIpc) is 2.62. The van der Waals surface area contributed by atoms with Gasteiger partial charge >= 0.3 is 5.97 Å². The zero-order chi connectivity index (χ0) is 23.3. The van der Waals surface area contributed by atoms with E-state index in [-0.39, 0.29) is 24.2 Å². The standard InChI is InChI=1S/C26H36O5/c1-15(2)21-11-10-19(9)12-22(21)31-26(27)20-13-23(28-16(3)4)25(30-18(7)8)24(14-20)29-17(5)6/h10-18H,1-9H3. The molecule has 0 fully saturated rings. The molecule has 0 aliphatic heterocycles. The van der Waals surface area contributed by atoms with Gasteiger partial charge in [-0.2, -0.15) is 0 Å². The molecule has 2 aromatic rings. The largest absolute Gasteiger partial charge is 0.487 e. The summed E-state index contributed by atoms with van der Waals surface area (Å²) >= 11 is 0. The molecule has 0 heterocycles. The van der Waals surface area contributed by atoms with Crippen molar-refractivity contribution in [2.24, 2.45) is 0 Å². The van der Waals surface area contributed by atoms with Gasteiger partial charge in [-0.15, -0.1) is 0 Å². The highest BCUT2D eigenvalue weighted by Crippen LogP contribution is 2.41. The second kappa shape index (κ2) is 10.6.